The van der Waals surface area contributed by atoms with E-state index in [0.29, 0.717) is 18.5 Å². The highest BCUT2D eigenvalue weighted by molar-refractivity contribution is 5.99. The lowest BCUT2D eigenvalue weighted by molar-refractivity contribution is -0.117. The van der Waals surface area contributed by atoms with Crippen LogP contribution < -0.4 is 15.5 Å². The minimum atomic E-state index is -0.118. The minimum Gasteiger partial charge on any atom is -0.348 e. The average Bonchev–Trinajstić information content (AvgIpc) is 3.27. The molecule has 2 aliphatic heterocycles. The van der Waals surface area contributed by atoms with E-state index < -0.39 is 0 Å². The van der Waals surface area contributed by atoms with E-state index in [1.807, 2.05) is 12.1 Å². The molecule has 1 fully saturated rings. The van der Waals surface area contributed by atoms with Gasteiger partial charge in [0, 0.05) is 43.9 Å². The van der Waals surface area contributed by atoms with Gasteiger partial charge in [0.25, 0.3) is 5.91 Å². The highest BCUT2D eigenvalue weighted by atomic mass is 16.2. The Morgan fingerprint density at radius 1 is 1.12 bits per heavy atom. The molecule has 0 aromatic heterocycles. The molecule has 0 atom stereocenters. The molecule has 5 heteroatoms. The topological polar surface area (TPSA) is 61.4 Å². The number of benzene rings is 2. The Bertz CT molecular complexity index is 831. The molecule has 0 unspecified atom stereocenters. The number of nitrogens with one attached hydrogen (secondary N) is 2. The van der Waals surface area contributed by atoms with Gasteiger partial charge in [-0.2, -0.15) is 0 Å². The Balaban J connectivity index is 1.43. The van der Waals surface area contributed by atoms with E-state index in [1.54, 1.807) is 17.0 Å². The summed E-state index contributed by atoms with van der Waals surface area (Å²) in [7, 11) is 0. The number of fused-ring (bicyclic) bond motifs is 1. The number of hydrogen-bond donors (Lipinski definition) is 2. The molecular formula is C20H21N3O2. The number of nitrogens with zero attached hydrogens (tertiary/aromatic N) is 1. The number of anilines is 1. The summed E-state index contributed by atoms with van der Waals surface area (Å²) < 4.78 is 0. The third-order valence-electron chi connectivity index (χ3n) is 4.85. The Labute approximate surface area is 147 Å². The fourth-order valence-electron chi connectivity index (χ4n) is 3.48. The van der Waals surface area contributed by atoms with E-state index in [4.69, 9.17) is 0 Å². The predicted octanol–water partition coefficient (Wildman–Crippen LogP) is 2.35. The Morgan fingerprint density at radius 2 is 2.00 bits per heavy atom. The van der Waals surface area contributed by atoms with Crippen LogP contribution in [0.4, 0.5) is 5.69 Å². The van der Waals surface area contributed by atoms with Gasteiger partial charge in [-0.05, 0) is 41.3 Å². The first kappa shape index (κ1) is 15.8. The zero-order valence-electron chi connectivity index (χ0n) is 14.0. The van der Waals surface area contributed by atoms with E-state index in [1.165, 1.54) is 11.1 Å². The van der Waals surface area contributed by atoms with Crippen LogP contribution in [0.5, 0.6) is 0 Å². The van der Waals surface area contributed by atoms with Crippen molar-refractivity contribution in [3.8, 4) is 0 Å². The number of carbonyl (C=O) groups is 2. The summed E-state index contributed by atoms with van der Waals surface area (Å²) in [6.07, 6.45) is 1.46. The molecule has 0 saturated carbocycles. The van der Waals surface area contributed by atoms with E-state index in [9.17, 15) is 9.59 Å². The first-order valence-electron chi connectivity index (χ1n) is 8.71. The van der Waals surface area contributed by atoms with Gasteiger partial charge in [0.15, 0.2) is 0 Å². The van der Waals surface area contributed by atoms with Crippen molar-refractivity contribution in [2.75, 3.05) is 11.4 Å². The summed E-state index contributed by atoms with van der Waals surface area (Å²) in [6.45, 7) is 3.04. The molecule has 1 saturated heterocycles. The maximum absolute atomic E-state index is 12.5. The van der Waals surface area contributed by atoms with Crippen molar-refractivity contribution >= 4 is 17.5 Å². The van der Waals surface area contributed by atoms with Crippen LogP contribution in [-0.4, -0.2) is 18.4 Å². The second-order valence-corrected chi connectivity index (χ2v) is 6.59. The van der Waals surface area contributed by atoms with Gasteiger partial charge in [0.05, 0.1) is 0 Å². The molecule has 0 spiro atoms. The molecule has 25 heavy (non-hydrogen) atoms. The molecule has 0 aliphatic carbocycles. The summed E-state index contributed by atoms with van der Waals surface area (Å²) in [5.41, 5.74) is 5.12. The van der Waals surface area contributed by atoms with Crippen LogP contribution in [0.2, 0.25) is 0 Å². The Morgan fingerprint density at radius 3 is 2.84 bits per heavy atom. The molecule has 2 heterocycles. The van der Waals surface area contributed by atoms with Gasteiger partial charge in [0.2, 0.25) is 5.91 Å². The highest BCUT2D eigenvalue weighted by Gasteiger charge is 2.22. The standard InChI is InChI=1S/C20H21N3O2/c24-19-5-2-8-23(19)18-4-1-3-15(10-18)20(25)22-11-14-6-7-16-12-21-13-17(16)9-14/h1,3-4,6-7,9-10,21H,2,5,8,11-13H2,(H,22,25). The van der Waals surface area contributed by atoms with Gasteiger partial charge < -0.3 is 15.5 Å². The molecule has 2 aromatic carbocycles. The van der Waals surface area contributed by atoms with Crippen LogP contribution in [0.1, 0.15) is 39.9 Å². The zero-order valence-corrected chi connectivity index (χ0v) is 14.0. The predicted molar refractivity (Wildman–Crippen MR) is 96.2 cm³/mol. The zero-order chi connectivity index (χ0) is 17.2. The lowest BCUT2D eigenvalue weighted by Gasteiger charge is -2.16. The van der Waals surface area contributed by atoms with Crippen molar-refractivity contribution in [1.29, 1.82) is 0 Å². The maximum Gasteiger partial charge on any atom is 0.251 e. The van der Waals surface area contributed by atoms with Crippen molar-refractivity contribution in [1.82, 2.24) is 10.6 Å². The van der Waals surface area contributed by atoms with Gasteiger partial charge in [-0.3, -0.25) is 9.59 Å². The molecular weight excluding hydrogens is 314 g/mol. The third-order valence-corrected chi connectivity index (χ3v) is 4.85. The van der Waals surface area contributed by atoms with Crippen molar-refractivity contribution < 1.29 is 9.59 Å². The fraction of sp³-hybridized carbons (Fsp3) is 0.300. The van der Waals surface area contributed by atoms with E-state index in [2.05, 4.69) is 28.8 Å². The SMILES string of the molecule is O=C(NCc1ccc2c(c1)CNC2)c1cccc(N2CCCC2=O)c1. The third kappa shape index (κ3) is 3.28. The van der Waals surface area contributed by atoms with Gasteiger partial charge in [-0.1, -0.05) is 24.3 Å². The van der Waals surface area contributed by atoms with Gasteiger partial charge in [-0.15, -0.1) is 0 Å². The number of carbonyl (C=O) groups excluding carboxylic acids is 2. The molecule has 4 rings (SSSR count). The lowest BCUT2D eigenvalue weighted by atomic mass is 10.1. The van der Waals surface area contributed by atoms with Crippen molar-refractivity contribution in [2.24, 2.45) is 0 Å². The molecule has 0 bridgehead atoms. The molecule has 2 aromatic rings. The summed E-state index contributed by atoms with van der Waals surface area (Å²) in [5.74, 6) is 0.0106. The minimum absolute atomic E-state index is 0.118. The first-order chi connectivity index (χ1) is 12.2. The van der Waals surface area contributed by atoms with Crippen LogP contribution in [0.25, 0.3) is 0 Å². The van der Waals surface area contributed by atoms with E-state index in [0.717, 1.165) is 37.3 Å². The summed E-state index contributed by atoms with van der Waals surface area (Å²) in [4.78, 5) is 26.1. The van der Waals surface area contributed by atoms with Crippen molar-refractivity contribution in [3.05, 3.63) is 64.7 Å². The van der Waals surface area contributed by atoms with Crippen molar-refractivity contribution in [2.45, 2.75) is 32.5 Å². The molecule has 2 amide bonds. The Kier molecular flexibility index (Phi) is 4.24. The van der Waals surface area contributed by atoms with Crippen molar-refractivity contribution in [3.63, 3.8) is 0 Å². The number of rotatable bonds is 4. The van der Waals surface area contributed by atoms with Gasteiger partial charge >= 0.3 is 0 Å². The second kappa shape index (κ2) is 6.69. The molecule has 5 nitrogen and oxygen atoms in total. The summed E-state index contributed by atoms with van der Waals surface area (Å²) in [5, 5.41) is 6.30. The monoisotopic (exact) mass is 335 g/mol. The smallest absolute Gasteiger partial charge is 0.251 e. The van der Waals surface area contributed by atoms with E-state index >= 15 is 0 Å². The number of amides is 2. The molecule has 128 valence electrons. The van der Waals surface area contributed by atoms with Crippen LogP contribution in [-0.2, 0) is 24.4 Å². The molecule has 2 N–H and O–H groups in total. The lowest BCUT2D eigenvalue weighted by Crippen LogP contribution is -2.25. The quantitative estimate of drug-likeness (QED) is 0.902. The maximum atomic E-state index is 12.5. The van der Waals surface area contributed by atoms with E-state index in [-0.39, 0.29) is 11.8 Å². The average molecular weight is 335 g/mol. The van der Waals surface area contributed by atoms with Crippen LogP contribution >= 0.6 is 0 Å². The first-order valence-corrected chi connectivity index (χ1v) is 8.71. The van der Waals surface area contributed by atoms with Crippen LogP contribution in [0.15, 0.2) is 42.5 Å². The van der Waals surface area contributed by atoms with Crippen LogP contribution in [0, 0.1) is 0 Å². The van der Waals surface area contributed by atoms with Crippen LogP contribution in [0.3, 0.4) is 0 Å². The summed E-state index contributed by atoms with van der Waals surface area (Å²) in [6, 6.07) is 13.6. The Hall–Kier alpha value is -2.66. The second-order valence-electron chi connectivity index (χ2n) is 6.59. The van der Waals surface area contributed by atoms with Gasteiger partial charge in [0.1, 0.15) is 0 Å². The molecule has 0 radical (unpaired) electrons. The van der Waals surface area contributed by atoms with Gasteiger partial charge in [-0.25, -0.2) is 0 Å². The normalized spacial score (nSPS) is 16.2. The number of hydrogen-bond acceptors (Lipinski definition) is 3. The largest absolute Gasteiger partial charge is 0.348 e. The fourth-order valence-corrected chi connectivity index (χ4v) is 3.48. The highest BCUT2D eigenvalue weighted by Crippen LogP contribution is 2.22. The summed E-state index contributed by atoms with van der Waals surface area (Å²) >= 11 is 0. The molecule has 2 aliphatic rings.